The fraction of sp³-hybridized carbons (Fsp3) is 0.290. The van der Waals surface area contributed by atoms with Gasteiger partial charge in [-0.3, -0.25) is 0 Å². The molecular weight excluding hydrogens is 497 g/mol. The number of halogens is 1. The molecule has 8 heteroatoms. The van der Waals surface area contributed by atoms with E-state index < -0.39 is 12.0 Å². The summed E-state index contributed by atoms with van der Waals surface area (Å²) in [5, 5.41) is 15.7. The van der Waals surface area contributed by atoms with E-state index in [1.807, 2.05) is 60.7 Å². The van der Waals surface area contributed by atoms with Crippen LogP contribution in [0.15, 0.2) is 72.8 Å². The maximum Gasteiger partial charge on any atom is 0.404 e. The second-order valence-corrected chi connectivity index (χ2v) is 9.47. The maximum absolute atomic E-state index is 15.2. The fourth-order valence-electron chi connectivity index (χ4n) is 5.12. The Morgan fingerprint density at radius 3 is 2.54 bits per heavy atom. The van der Waals surface area contributed by atoms with Crippen LogP contribution in [0, 0.1) is 5.95 Å². The Bertz CT molecular complexity index is 1460. The molecule has 0 saturated carbocycles. The third-order valence-corrected chi connectivity index (χ3v) is 6.95. The molecule has 7 nitrogen and oxygen atoms in total. The molecule has 5 rings (SSSR count). The lowest BCUT2D eigenvalue weighted by atomic mass is 9.88. The van der Waals surface area contributed by atoms with Crippen molar-refractivity contribution in [2.75, 3.05) is 19.8 Å². The van der Waals surface area contributed by atoms with Crippen molar-refractivity contribution in [3.63, 3.8) is 0 Å². The molecular formula is C31H32FN3O4. The molecule has 1 fully saturated rings. The SMILES string of the molecule is CCC(=C(c1ccc(OCCNC(=O)O)cc1)c1ccc2c(c1)c(F)nn2C1CCCCO1)c1ccccc1. The molecule has 4 aromatic rings. The van der Waals surface area contributed by atoms with Crippen LogP contribution in [-0.2, 0) is 4.74 Å². The van der Waals surface area contributed by atoms with Crippen molar-refractivity contribution in [3.8, 4) is 5.75 Å². The average molecular weight is 530 g/mol. The molecule has 2 N–H and O–H groups in total. The number of carbonyl (C=O) groups is 1. The minimum atomic E-state index is -1.08. The number of fused-ring (bicyclic) bond motifs is 1. The van der Waals surface area contributed by atoms with E-state index in [0.29, 0.717) is 17.7 Å². The Morgan fingerprint density at radius 1 is 1.08 bits per heavy atom. The molecule has 1 atom stereocenters. The summed E-state index contributed by atoms with van der Waals surface area (Å²) in [7, 11) is 0. The molecule has 2 heterocycles. The Balaban J connectivity index is 1.55. The third kappa shape index (κ3) is 5.96. The summed E-state index contributed by atoms with van der Waals surface area (Å²) >= 11 is 0. The van der Waals surface area contributed by atoms with Crippen molar-refractivity contribution in [1.82, 2.24) is 15.1 Å². The molecule has 1 aliphatic heterocycles. The van der Waals surface area contributed by atoms with Gasteiger partial charge in [0, 0.05) is 6.61 Å². The number of benzene rings is 3. The molecule has 3 aromatic carbocycles. The first-order chi connectivity index (χ1) is 19.0. The maximum atomic E-state index is 15.2. The Morgan fingerprint density at radius 2 is 1.85 bits per heavy atom. The van der Waals surface area contributed by atoms with Gasteiger partial charge in [0.2, 0.25) is 5.95 Å². The van der Waals surface area contributed by atoms with Gasteiger partial charge < -0.3 is 19.9 Å². The second-order valence-electron chi connectivity index (χ2n) is 9.47. The van der Waals surface area contributed by atoms with Gasteiger partial charge in [0.15, 0.2) is 6.23 Å². The van der Waals surface area contributed by atoms with E-state index >= 15 is 4.39 Å². The second kappa shape index (κ2) is 12.1. The zero-order valence-electron chi connectivity index (χ0n) is 21.9. The van der Waals surface area contributed by atoms with Gasteiger partial charge in [-0.1, -0.05) is 55.5 Å². The van der Waals surface area contributed by atoms with Crippen molar-refractivity contribution in [2.24, 2.45) is 0 Å². The van der Waals surface area contributed by atoms with Gasteiger partial charge in [-0.25, -0.2) is 9.48 Å². The number of aromatic nitrogens is 2. The first-order valence-corrected chi connectivity index (χ1v) is 13.3. The lowest BCUT2D eigenvalue weighted by Gasteiger charge is -2.23. The number of amides is 1. The summed E-state index contributed by atoms with van der Waals surface area (Å²) in [6.07, 6.45) is 2.30. The van der Waals surface area contributed by atoms with E-state index in [1.54, 1.807) is 4.68 Å². The summed E-state index contributed by atoms with van der Waals surface area (Å²) in [6, 6.07) is 23.7. The number of ether oxygens (including phenoxy) is 2. The highest BCUT2D eigenvalue weighted by atomic mass is 19.1. The molecule has 202 valence electrons. The van der Waals surface area contributed by atoms with Crippen LogP contribution in [-0.4, -0.2) is 40.7 Å². The Hall–Kier alpha value is -4.17. The number of carboxylic acid groups (broad SMARTS) is 1. The number of rotatable bonds is 9. The molecule has 1 aromatic heterocycles. The monoisotopic (exact) mass is 529 g/mol. The fourth-order valence-corrected chi connectivity index (χ4v) is 5.12. The first kappa shape index (κ1) is 26.4. The van der Waals surface area contributed by atoms with E-state index in [1.165, 1.54) is 0 Å². The van der Waals surface area contributed by atoms with Gasteiger partial charge in [-0.15, -0.1) is 5.10 Å². The van der Waals surface area contributed by atoms with E-state index in [4.69, 9.17) is 14.6 Å². The number of nitrogens with one attached hydrogen (secondary N) is 1. The van der Waals surface area contributed by atoms with Crippen LogP contribution in [0.2, 0.25) is 0 Å². The van der Waals surface area contributed by atoms with Crippen molar-refractivity contribution >= 4 is 28.1 Å². The summed E-state index contributed by atoms with van der Waals surface area (Å²) in [4.78, 5) is 10.7. The third-order valence-electron chi connectivity index (χ3n) is 6.95. The van der Waals surface area contributed by atoms with Crippen molar-refractivity contribution in [2.45, 2.75) is 38.8 Å². The van der Waals surface area contributed by atoms with E-state index in [9.17, 15) is 4.79 Å². The summed E-state index contributed by atoms with van der Waals surface area (Å²) in [6.45, 7) is 3.20. The standard InChI is InChI=1S/C31H32FN3O4/c1-2-25(21-8-4-3-5-9-21)29(22-11-14-24(15-12-22)38-19-17-33-31(36)37)23-13-16-27-26(20-23)30(32)34-35(27)28-10-6-7-18-39-28/h3-5,8-9,11-16,20,28,33H,2,6-7,10,17-19H2,1H3,(H,36,37). The van der Waals surface area contributed by atoms with Gasteiger partial charge in [-0.05, 0) is 77.8 Å². The van der Waals surface area contributed by atoms with E-state index in [0.717, 1.165) is 59.0 Å². The molecule has 1 amide bonds. The van der Waals surface area contributed by atoms with Crippen LogP contribution < -0.4 is 10.1 Å². The number of nitrogens with zero attached hydrogens (tertiary/aromatic N) is 2. The summed E-state index contributed by atoms with van der Waals surface area (Å²) < 4.78 is 28.5. The zero-order chi connectivity index (χ0) is 27.2. The van der Waals surface area contributed by atoms with Crippen LogP contribution >= 0.6 is 0 Å². The van der Waals surface area contributed by atoms with Crippen molar-refractivity contribution in [3.05, 3.63) is 95.4 Å². The van der Waals surface area contributed by atoms with Gasteiger partial charge >= 0.3 is 6.09 Å². The van der Waals surface area contributed by atoms with Crippen molar-refractivity contribution < 1.29 is 23.8 Å². The average Bonchev–Trinajstić information content (AvgIpc) is 3.31. The van der Waals surface area contributed by atoms with Gasteiger partial charge in [0.05, 0.1) is 17.4 Å². The highest BCUT2D eigenvalue weighted by molar-refractivity contribution is 6.00. The molecule has 39 heavy (non-hydrogen) atoms. The minimum absolute atomic E-state index is 0.196. The molecule has 1 aliphatic rings. The molecule has 0 aliphatic carbocycles. The Labute approximate surface area is 226 Å². The zero-order valence-corrected chi connectivity index (χ0v) is 21.9. The largest absolute Gasteiger partial charge is 0.492 e. The minimum Gasteiger partial charge on any atom is -0.492 e. The summed E-state index contributed by atoms with van der Waals surface area (Å²) in [5.41, 5.74) is 5.82. The number of hydrogen-bond donors (Lipinski definition) is 2. The highest BCUT2D eigenvalue weighted by Crippen LogP contribution is 2.37. The van der Waals surface area contributed by atoms with Crippen LogP contribution in [0.1, 0.15) is 55.5 Å². The normalized spacial score (nSPS) is 16.1. The molecule has 0 radical (unpaired) electrons. The molecule has 1 saturated heterocycles. The number of allylic oxidation sites excluding steroid dienone is 1. The van der Waals surface area contributed by atoms with Gasteiger partial charge in [0.25, 0.3) is 0 Å². The molecule has 0 spiro atoms. The smallest absolute Gasteiger partial charge is 0.404 e. The summed E-state index contributed by atoms with van der Waals surface area (Å²) in [5.74, 6) is 0.134. The van der Waals surface area contributed by atoms with Crippen LogP contribution in [0.3, 0.4) is 0 Å². The van der Waals surface area contributed by atoms with E-state index in [-0.39, 0.29) is 19.4 Å². The molecule has 1 unspecified atom stereocenters. The topological polar surface area (TPSA) is 85.6 Å². The Kier molecular flexibility index (Phi) is 8.22. The lowest BCUT2D eigenvalue weighted by molar-refractivity contribution is -0.0375. The van der Waals surface area contributed by atoms with Crippen LogP contribution in [0.25, 0.3) is 22.0 Å². The predicted molar refractivity (Wildman–Crippen MR) is 149 cm³/mol. The van der Waals surface area contributed by atoms with Crippen LogP contribution in [0.5, 0.6) is 5.75 Å². The van der Waals surface area contributed by atoms with Crippen molar-refractivity contribution in [1.29, 1.82) is 0 Å². The highest BCUT2D eigenvalue weighted by Gasteiger charge is 2.22. The first-order valence-electron chi connectivity index (χ1n) is 13.3. The van der Waals surface area contributed by atoms with Gasteiger partial charge in [0.1, 0.15) is 12.4 Å². The van der Waals surface area contributed by atoms with E-state index in [2.05, 4.69) is 29.5 Å². The molecule has 0 bridgehead atoms. The lowest BCUT2D eigenvalue weighted by Crippen LogP contribution is -2.26. The predicted octanol–water partition coefficient (Wildman–Crippen LogP) is 6.89. The quantitative estimate of drug-likeness (QED) is 0.182. The number of hydrogen-bond acceptors (Lipinski definition) is 4. The van der Waals surface area contributed by atoms with Gasteiger partial charge in [-0.2, -0.15) is 4.39 Å². The van der Waals surface area contributed by atoms with Crippen LogP contribution in [0.4, 0.5) is 9.18 Å².